The highest BCUT2D eigenvalue weighted by Crippen LogP contribution is 2.24. The molecule has 11 heteroatoms. The zero-order valence-corrected chi connectivity index (χ0v) is 20.6. The first-order valence-electron chi connectivity index (χ1n) is 11.0. The molecule has 0 bridgehead atoms. The van der Waals surface area contributed by atoms with Gasteiger partial charge in [-0.15, -0.1) is 0 Å². The number of para-hydroxylation sites is 1. The summed E-state index contributed by atoms with van der Waals surface area (Å²) in [4.78, 5) is 38.9. The number of nitrogens with one attached hydrogen (secondary N) is 3. The van der Waals surface area contributed by atoms with E-state index >= 15 is 0 Å². The molecule has 3 N–H and O–H groups in total. The molecular formula is C25H23ClN4O5S. The van der Waals surface area contributed by atoms with Crippen molar-refractivity contribution in [3.05, 3.63) is 95.0 Å². The number of hydrogen-bond donors (Lipinski definition) is 3. The number of hydrogen-bond acceptors (Lipinski definition) is 5. The molecule has 0 unspecified atom stereocenters. The molecule has 3 aromatic carbocycles. The predicted molar refractivity (Wildman–Crippen MR) is 134 cm³/mol. The summed E-state index contributed by atoms with van der Waals surface area (Å²) >= 11 is 6.03. The van der Waals surface area contributed by atoms with Gasteiger partial charge >= 0.3 is 0 Å². The summed E-state index contributed by atoms with van der Waals surface area (Å²) in [5, 5.41) is 0.227. The second-order valence-electron chi connectivity index (χ2n) is 8.22. The third kappa shape index (κ3) is 6.02. The van der Waals surface area contributed by atoms with Crippen LogP contribution in [-0.4, -0.2) is 37.6 Å². The van der Waals surface area contributed by atoms with Gasteiger partial charge in [-0.1, -0.05) is 60.1 Å². The molecule has 1 fully saturated rings. The van der Waals surface area contributed by atoms with E-state index in [4.69, 9.17) is 11.6 Å². The number of halogens is 1. The predicted octanol–water partition coefficient (Wildman–Crippen LogP) is 2.95. The van der Waals surface area contributed by atoms with Gasteiger partial charge in [-0.05, 0) is 35.9 Å². The van der Waals surface area contributed by atoms with Crippen LogP contribution in [0.15, 0.2) is 83.8 Å². The van der Waals surface area contributed by atoms with E-state index < -0.39 is 27.8 Å². The van der Waals surface area contributed by atoms with Gasteiger partial charge in [-0.25, -0.2) is 8.42 Å². The van der Waals surface area contributed by atoms with E-state index in [0.29, 0.717) is 6.54 Å². The van der Waals surface area contributed by atoms with Gasteiger partial charge < -0.3 is 4.90 Å². The van der Waals surface area contributed by atoms with E-state index in [-0.39, 0.29) is 40.0 Å². The van der Waals surface area contributed by atoms with Crippen molar-refractivity contribution < 1.29 is 22.8 Å². The number of benzene rings is 3. The zero-order valence-electron chi connectivity index (χ0n) is 19.0. The van der Waals surface area contributed by atoms with Crippen molar-refractivity contribution in [1.29, 1.82) is 0 Å². The second kappa shape index (κ2) is 10.8. The number of likely N-dealkylation sites (tertiary alicyclic amines) is 1. The SMILES string of the molecule is O=C(NNC(=O)[C@@H]1CC(=O)N(Cc2ccccc2)C1)c1cccc(S(=O)(=O)Nc2ccccc2Cl)c1. The molecule has 1 aliphatic heterocycles. The first-order valence-corrected chi connectivity index (χ1v) is 12.9. The Hall–Kier alpha value is -3.89. The molecule has 0 aromatic heterocycles. The first-order chi connectivity index (χ1) is 17.2. The molecule has 1 saturated heterocycles. The van der Waals surface area contributed by atoms with Crippen LogP contribution in [0.3, 0.4) is 0 Å². The van der Waals surface area contributed by atoms with Crippen LogP contribution in [0.1, 0.15) is 22.3 Å². The molecule has 0 radical (unpaired) electrons. The fraction of sp³-hybridized carbons (Fsp3) is 0.160. The van der Waals surface area contributed by atoms with Crippen molar-refractivity contribution in [3.8, 4) is 0 Å². The number of amides is 3. The molecule has 4 rings (SSSR count). The van der Waals surface area contributed by atoms with Crippen molar-refractivity contribution in [2.24, 2.45) is 5.92 Å². The summed E-state index contributed by atoms with van der Waals surface area (Å²) in [5.74, 6) is -1.97. The highest BCUT2D eigenvalue weighted by atomic mass is 35.5. The summed E-state index contributed by atoms with van der Waals surface area (Å²) in [5.41, 5.74) is 5.80. The van der Waals surface area contributed by atoms with Gasteiger partial charge in [0.2, 0.25) is 11.8 Å². The van der Waals surface area contributed by atoms with Crippen molar-refractivity contribution >= 4 is 45.0 Å². The minimum absolute atomic E-state index is 0.0190. The number of carbonyl (C=O) groups is 3. The van der Waals surface area contributed by atoms with Crippen LogP contribution in [0.4, 0.5) is 5.69 Å². The van der Waals surface area contributed by atoms with E-state index in [0.717, 1.165) is 5.56 Å². The maximum Gasteiger partial charge on any atom is 0.269 e. The van der Waals surface area contributed by atoms with Gasteiger partial charge in [0.05, 0.1) is 21.5 Å². The molecular weight excluding hydrogens is 504 g/mol. The molecule has 3 aromatic rings. The molecule has 186 valence electrons. The maximum atomic E-state index is 12.8. The molecule has 0 aliphatic carbocycles. The Labute approximate surface area is 213 Å². The summed E-state index contributed by atoms with van der Waals surface area (Å²) in [6.07, 6.45) is 0.0377. The van der Waals surface area contributed by atoms with E-state index in [9.17, 15) is 22.8 Å². The minimum atomic E-state index is -4.02. The van der Waals surface area contributed by atoms with Crippen LogP contribution >= 0.6 is 11.6 Å². The molecule has 1 atom stereocenters. The smallest absolute Gasteiger partial charge is 0.269 e. The van der Waals surface area contributed by atoms with E-state index in [2.05, 4.69) is 15.6 Å². The monoisotopic (exact) mass is 526 g/mol. The molecule has 0 saturated carbocycles. The number of rotatable bonds is 7. The number of carbonyl (C=O) groups excluding carboxylic acids is 3. The molecule has 0 spiro atoms. The van der Waals surface area contributed by atoms with Crippen LogP contribution in [-0.2, 0) is 26.2 Å². The Morgan fingerprint density at radius 1 is 0.944 bits per heavy atom. The topological polar surface area (TPSA) is 125 Å². The van der Waals surface area contributed by atoms with E-state index in [1.807, 2.05) is 30.3 Å². The third-order valence-corrected chi connectivity index (χ3v) is 7.32. The second-order valence-corrected chi connectivity index (χ2v) is 10.3. The van der Waals surface area contributed by atoms with Crippen LogP contribution in [0.2, 0.25) is 5.02 Å². The highest BCUT2D eigenvalue weighted by Gasteiger charge is 2.34. The molecule has 1 aliphatic rings. The van der Waals surface area contributed by atoms with Gasteiger partial charge in [0.1, 0.15) is 0 Å². The van der Waals surface area contributed by atoms with Gasteiger partial charge in [-0.3, -0.25) is 30.0 Å². The normalized spacial score (nSPS) is 15.4. The van der Waals surface area contributed by atoms with Crippen LogP contribution in [0, 0.1) is 5.92 Å². The van der Waals surface area contributed by atoms with Gasteiger partial charge in [0, 0.05) is 25.1 Å². The van der Waals surface area contributed by atoms with Crippen molar-refractivity contribution in [2.45, 2.75) is 17.9 Å². The average molecular weight is 527 g/mol. The quantitative estimate of drug-likeness (QED) is 0.408. The van der Waals surface area contributed by atoms with E-state index in [1.54, 1.807) is 23.1 Å². The van der Waals surface area contributed by atoms with Crippen molar-refractivity contribution in [1.82, 2.24) is 15.8 Å². The summed E-state index contributed by atoms with van der Waals surface area (Å²) in [6, 6.07) is 21.1. The highest BCUT2D eigenvalue weighted by molar-refractivity contribution is 7.92. The molecule has 36 heavy (non-hydrogen) atoms. The average Bonchev–Trinajstić information content (AvgIpc) is 3.24. The summed E-state index contributed by atoms with van der Waals surface area (Å²) in [6.45, 7) is 0.635. The summed E-state index contributed by atoms with van der Waals surface area (Å²) in [7, 11) is -4.02. The Morgan fingerprint density at radius 2 is 1.67 bits per heavy atom. The number of nitrogens with zero attached hydrogens (tertiary/aromatic N) is 1. The van der Waals surface area contributed by atoms with Crippen molar-refractivity contribution in [3.63, 3.8) is 0 Å². The fourth-order valence-corrected chi connectivity index (χ4v) is 5.11. The molecule has 1 heterocycles. The Balaban J connectivity index is 1.35. The lowest BCUT2D eigenvalue weighted by atomic mass is 10.1. The summed E-state index contributed by atoms with van der Waals surface area (Å²) < 4.78 is 27.9. The van der Waals surface area contributed by atoms with Crippen LogP contribution in [0.25, 0.3) is 0 Å². The Morgan fingerprint density at radius 3 is 2.42 bits per heavy atom. The van der Waals surface area contributed by atoms with Gasteiger partial charge in [0.25, 0.3) is 15.9 Å². The Bertz CT molecular complexity index is 1400. The fourth-order valence-electron chi connectivity index (χ4n) is 3.75. The van der Waals surface area contributed by atoms with E-state index in [1.165, 1.54) is 30.3 Å². The lowest BCUT2D eigenvalue weighted by Crippen LogP contribution is -2.45. The van der Waals surface area contributed by atoms with Gasteiger partial charge in [0.15, 0.2) is 0 Å². The molecule has 9 nitrogen and oxygen atoms in total. The lowest BCUT2D eigenvalue weighted by Gasteiger charge is -2.17. The number of sulfonamides is 1. The molecule has 3 amide bonds. The standard InChI is InChI=1S/C25H23ClN4O5S/c26-21-11-4-5-12-22(21)29-36(34,35)20-10-6-9-18(13-20)24(32)27-28-25(33)19-14-23(31)30(16-19)15-17-7-2-1-3-8-17/h1-13,19,29H,14-16H2,(H,27,32)(H,28,33)/t19-/m1/s1. The maximum absolute atomic E-state index is 12.8. The number of hydrazine groups is 1. The van der Waals surface area contributed by atoms with Crippen LogP contribution in [0.5, 0.6) is 0 Å². The van der Waals surface area contributed by atoms with Crippen LogP contribution < -0.4 is 15.6 Å². The largest absolute Gasteiger partial charge is 0.338 e. The lowest BCUT2D eigenvalue weighted by molar-refractivity contribution is -0.129. The third-order valence-electron chi connectivity index (χ3n) is 5.63. The zero-order chi connectivity index (χ0) is 25.7. The van der Waals surface area contributed by atoms with Crippen molar-refractivity contribution in [2.75, 3.05) is 11.3 Å². The minimum Gasteiger partial charge on any atom is -0.338 e. The van der Waals surface area contributed by atoms with Gasteiger partial charge in [-0.2, -0.15) is 0 Å². The Kier molecular flexibility index (Phi) is 7.56. The number of anilines is 1. The first kappa shape index (κ1) is 25.2.